The fraction of sp³-hybridized carbons (Fsp3) is 0.364. The molecule has 2 aromatic carbocycles. The number of imidazole rings is 1. The van der Waals surface area contributed by atoms with Crippen molar-refractivity contribution in [2.24, 2.45) is 0 Å². The Hall–Kier alpha value is -2.04. The second-order valence-electron chi connectivity index (χ2n) is 7.39. The largest absolute Gasteiger partial charge is 0.352 e. The lowest BCUT2D eigenvalue weighted by molar-refractivity contribution is -0.124. The predicted molar refractivity (Wildman–Crippen MR) is 114 cm³/mol. The summed E-state index contributed by atoms with van der Waals surface area (Å²) in [6, 6.07) is 13.5. The maximum absolute atomic E-state index is 13.0. The average molecular weight is 416 g/mol. The minimum Gasteiger partial charge on any atom is -0.352 e. The molecule has 28 heavy (non-hydrogen) atoms. The molecule has 146 valence electrons. The van der Waals surface area contributed by atoms with E-state index in [0.29, 0.717) is 22.5 Å². The number of nitrogens with zero attached hydrogens (tertiary/aromatic N) is 2. The smallest absolute Gasteiger partial charge is 0.243 e. The van der Waals surface area contributed by atoms with Gasteiger partial charge in [-0.25, -0.2) is 4.98 Å². The molecule has 1 N–H and O–H groups in total. The third-order valence-electron chi connectivity index (χ3n) is 5.13. The Kier molecular flexibility index (Phi) is 5.61. The zero-order valence-electron chi connectivity index (χ0n) is 15.8. The van der Waals surface area contributed by atoms with Crippen LogP contribution in [0, 0.1) is 0 Å². The molecule has 3 aromatic rings. The highest BCUT2D eigenvalue weighted by Gasteiger charge is 2.30. The number of aromatic nitrogens is 2. The van der Waals surface area contributed by atoms with Crippen molar-refractivity contribution >= 4 is 40.1 Å². The molecule has 4 nitrogen and oxygen atoms in total. The van der Waals surface area contributed by atoms with Gasteiger partial charge in [-0.3, -0.25) is 4.79 Å². The highest BCUT2D eigenvalue weighted by Crippen LogP contribution is 2.30. The molecule has 1 aromatic heterocycles. The SMILES string of the molecule is CCCC(C(=O)NC1CC1)n1c(Cc2ccc(Cl)cc2Cl)nc2ccccc21. The minimum absolute atomic E-state index is 0.0796. The Morgan fingerprint density at radius 1 is 1.25 bits per heavy atom. The van der Waals surface area contributed by atoms with Crippen LogP contribution in [0.4, 0.5) is 0 Å². The Morgan fingerprint density at radius 3 is 2.75 bits per heavy atom. The van der Waals surface area contributed by atoms with E-state index in [1.807, 2.05) is 36.4 Å². The van der Waals surface area contributed by atoms with E-state index >= 15 is 0 Å². The van der Waals surface area contributed by atoms with Gasteiger partial charge in [-0.2, -0.15) is 0 Å². The molecule has 0 bridgehead atoms. The molecule has 0 aliphatic heterocycles. The van der Waals surface area contributed by atoms with Crippen LogP contribution in [-0.4, -0.2) is 21.5 Å². The normalized spacial score (nSPS) is 15.0. The second kappa shape index (κ2) is 8.14. The van der Waals surface area contributed by atoms with Crippen LogP contribution in [0.1, 0.15) is 50.0 Å². The van der Waals surface area contributed by atoms with Gasteiger partial charge in [-0.1, -0.05) is 54.7 Å². The van der Waals surface area contributed by atoms with Gasteiger partial charge in [0, 0.05) is 22.5 Å². The van der Waals surface area contributed by atoms with Crippen molar-refractivity contribution in [1.82, 2.24) is 14.9 Å². The topological polar surface area (TPSA) is 46.9 Å². The van der Waals surface area contributed by atoms with E-state index in [-0.39, 0.29) is 11.9 Å². The molecule has 6 heteroatoms. The molecule has 1 amide bonds. The number of carbonyl (C=O) groups excluding carboxylic acids is 1. The molecule has 4 rings (SSSR count). The fourth-order valence-corrected chi connectivity index (χ4v) is 4.05. The maximum atomic E-state index is 13.0. The van der Waals surface area contributed by atoms with Crippen LogP contribution in [0.15, 0.2) is 42.5 Å². The minimum atomic E-state index is -0.279. The van der Waals surface area contributed by atoms with E-state index in [1.165, 1.54) is 0 Å². The molecule has 1 aliphatic carbocycles. The van der Waals surface area contributed by atoms with Gasteiger partial charge in [-0.15, -0.1) is 0 Å². The zero-order valence-corrected chi connectivity index (χ0v) is 17.3. The van der Waals surface area contributed by atoms with Gasteiger partial charge in [0.2, 0.25) is 5.91 Å². The molecule has 1 atom stereocenters. The van der Waals surface area contributed by atoms with Gasteiger partial charge in [0.15, 0.2) is 0 Å². The average Bonchev–Trinajstić information content (AvgIpc) is 3.41. The van der Waals surface area contributed by atoms with Crippen molar-refractivity contribution in [2.45, 2.75) is 51.1 Å². The van der Waals surface area contributed by atoms with Crippen molar-refractivity contribution in [3.63, 3.8) is 0 Å². The Bertz CT molecular complexity index is 1010. The highest BCUT2D eigenvalue weighted by molar-refractivity contribution is 6.35. The van der Waals surface area contributed by atoms with Crippen LogP contribution in [-0.2, 0) is 11.2 Å². The first-order chi connectivity index (χ1) is 13.6. The Morgan fingerprint density at radius 2 is 2.04 bits per heavy atom. The van der Waals surface area contributed by atoms with Crippen LogP contribution < -0.4 is 5.32 Å². The second-order valence-corrected chi connectivity index (χ2v) is 8.23. The number of fused-ring (bicyclic) bond motifs is 1. The lowest BCUT2D eigenvalue weighted by Gasteiger charge is -2.21. The van der Waals surface area contributed by atoms with Crippen LogP contribution in [0.2, 0.25) is 10.0 Å². The van der Waals surface area contributed by atoms with Crippen molar-refractivity contribution < 1.29 is 4.79 Å². The summed E-state index contributed by atoms with van der Waals surface area (Å²) in [5.74, 6) is 0.922. The highest BCUT2D eigenvalue weighted by atomic mass is 35.5. The summed E-state index contributed by atoms with van der Waals surface area (Å²) in [4.78, 5) is 17.9. The summed E-state index contributed by atoms with van der Waals surface area (Å²) < 4.78 is 2.10. The van der Waals surface area contributed by atoms with Gasteiger partial charge in [-0.05, 0) is 49.1 Å². The fourth-order valence-electron chi connectivity index (χ4n) is 3.58. The summed E-state index contributed by atoms with van der Waals surface area (Å²) in [6.45, 7) is 2.10. The molecule has 1 heterocycles. The van der Waals surface area contributed by atoms with Crippen LogP contribution in [0.3, 0.4) is 0 Å². The summed E-state index contributed by atoms with van der Waals surface area (Å²) in [5, 5.41) is 4.39. The lowest BCUT2D eigenvalue weighted by atomic mass is 10.1. The zero-order chi connectivity index (χ0) is 19.7. The number of para-hydroxylation sites is 2. The van der Waals surface area contributed by atoms with Crippen molar-refractivity contribution in [3.05, 3.63) is 63.9 Å². The number of carbonyl (C=O) groups is 1. The Labute approximate surface area is 174 Å². The van der Waals surface area contributed by atoms with E-state index in [4.69, 9.17) is 28.2 Å². The summed E-state index contributed by atoms with van der Waals surface area (Å²) in [5.41, 5.74) is 2.82. The van der Waals surface area contributed by atoms with E-state index in [0.717, 1.165) is 48.1 Å². The summed E-state index contributed by atoms with van der Waals surface area (Å²) in [7, 11) is 0. The monoisotopic (exact) mass is 415 g/mol. The first-order valence-electron chi connectivity index (χ1n) is 9.77. The summed E-state index contributed by atoms with van der Waals surface area (Å²) in [6.07, 6.45) is 4.36. The van der Waals surface area contributed by atoms with E-state index in [1.54, 1.807) is 6.07 Å². The quantitative estimate of drug-likeness (QED) is 0.549. The first-order valence-corrected chi connectivity index (χ1v) is 10.5. The lowest BCUT2D eigenvalue weighted by Crippen LogP contribution is -2.34. The molecule has 1 aliphatic rings. The van der Waals surface area contributed by atoms with E-state index in [2.05, 4.69) is 16.8 Å². The third-order valence-corrected chi connectivity index (χ3v) is 5.72. The standard InChI is InChI=1S/C22H23Cl2N3O/c1-2-5-20(22(28)25-16-10-11-16)27-19-7-4-3-6-18(19)26-21(27)12-14-8-9-15(23)13-17(14)24/h3-4,6-9,13,16,20H,2,5,10-12H2,1H3,(H,25,28). The van der Waals surface area contributed by atoms with Gasteiger partial charge in [0.1, 0.15) is 11.9 Å². The molecular formula is C22H23Cl2N3O. The van der Waals surface area contributed by atoms with E-state index in [9.17, 15) is 4.79 Å². The number of nitrogens with one attached hydrogen (secondary N) is 1. The van der Waals surface area contributed by atoms with E-state index < -0.39 is 0 Å². The van der Waals surface area contributed by atoms with Crippen LogP contribution >= 0.6 is 23.2 Å². The molecule has 0 saturated heterocycles. The molecule has 1 fully saturated rings. The molecule has 1 saturated carbocycles. The first kappa shape index (κ1) is 19.3. The predicted octanol–water partition coefficient (Wildman–Crippen LogP) is 5.55. The number of benzene rings is 2. The molecule has 0 spiro atoms. The molecular weight excluding hydrogens is 393 g/mol. The number of amides is 1. The van der Waals surface area contributed by atoms with Crippen molar-refractivity contribution in [1.29, 1.82) is 0 Å². The summed E-state index contributed by atoms with van der Waals surface area (Å²) >= 11 is 12.5. The number of hydrogen-bond donors (Lipinski definition) is 1. The molecule has 0 radical (unpaired) electrons. The van der Waals surface area contributed by atoms with Gasteiger partial charge in [0.05, 0.1) is 11.0 Å². The van der Waals surface area contributed by atoms with Crippen molar-refractivity contribution in [3.8, 4) is 0 Å². The number of rotatable bonds is 7. The van der Waals surface area contributed by atoms with Gasteiger partial charge in [0.25, 0.3) is 0 Å². The van der Waals surface area contributed by atoms with Crippen molar-refractivity contribution in [2.75, 3.05) is 0 Å². The number of halogens is 2. The Balaban J connectivity index is 1.78. The van der Waals surface area contributed by atoms with Gasteiger partial charge >= 0.3 is 0 Å². The number of hydrogen-bond acceptors (Lipinski definition) is 2. The van der Waals surface area contributed by atoms with Crippen LogP contribution in [0.5, 0.6) is 0 Å². The van der Waals surface area contributed by atoms with Crippen LogP contribution in [0.25, 0.3) is 11.0 Å². The van der Waals surface area contributed by atoms with Gasteiger partial charge < -0.3 is 9.88 Å². The third kappa shape index (κ3) is 4.03. The maximum Gasteiger partial charge on any atom is 0.243 e. The molecule has 1 unspecified atom stereocenters.